The van der Waals surface area contributed by atoms with E-state index in [2.05, 4.69) is 20.8 Å². The van der Waals surface area contributed by atoms with Crippen molar-refractivity contribution in [2.24, 2.45) is 11.3 Å². The van der Waals surface area contributed by atoms with Crippen molar-refractivity contribution in [3.63, 3.8) is 0 Å². The number of nitrogens with one attached hydrogen (secondary N) is 1. The summed E-state index contributed by atoms with van der Waals surface area (Å²) in [5.74, 6) is 0.807. The molecule has 154 valence electrons. The molecular weight excluding hydrogens is 368 g/mol. The van der Waals surface area contributed by atoms with Crippen molar-refractivity contribution >= 4 is 17.5 Å². The van der Waals surface area contributed by atoms with E-state index >= 15 is 0 Å². The lowest BCUT2D eigenvalue weighted by atomic mass is 9.90. The average molecular weight is 396 g/mol. The van der Waals surface area contributed by atoms with Crippen LogP contribution in [0.5, 0.6) is 0 Å². The van der Waals surface area contributed by atoms with E-state index in [9.17, 15) is 9.59 Å². The number of tetrazole rings is 1. The molecule has 0 spiro atoms. The number of piperidine rings is 1. The minimum absolute atomic E-state index is 0.00629. The van der Waals surface area contributed by atoms with Crippen LogP contribution in [0.15, 0.2) is 24.3 Å². The van der Waals surface area contributed by atoms with Gasteiger partial charge < -0.3 is 10.2 Å². The average Bonchev–Trinajstić information content (AvgIpc) is 3.43. The Morgan fingerprint density at radius 2 is 1.83 bits per heavy atom. The number of aromatic nitrogens is 4. The van der Waals surface area contributed by atoms with Crippen molar-refractivity contribution in [1.82, 2.24) is 25.1 Å². The van der Waals surface area contributed by atoms with Gasteiger partial charge in [-0.3, -0.25) is 9.59 Å². The van der Waals surface area contributed by atoms with Crippen LogP contribution in [-0.4, -0.2) is 50.0 Å². The van der Waals surface area contributed by atoms with Crippen molar-refractivity contribution in [3.05, 3.63) is 24.3 Å². The summed E-state index contributed by atoms with van der Waals surface area (Å²) in [4.78, 5) is 27.1. The van der Waals surface area contributed by atoms with Gasteiger partial charge in [0.1, 0.15) is 0 Å². The van der Waals surface area contributed by atoms with Gasteiger partial charge in [-0.25, -0.2) is 4.68 Å². The van der Waals surface area contributed by atoms with Crippen LogP contribution in [0.4, 0.5) is 5.69 Å². The molecule has 0 atom stereocenters. The third kappa shape index (κ3) is 4.31. The van der Waals surface area contributed by atoms with Gasteiger partial charge in [-0.05, 0) is 48.2 Å². The number of anilines is 1. The van der Waals surface area contributed by atoms with E-state index in [0.29, 0.717) is 32.0 Å². The van der Waals surface area contributed by atoms with Crippen LogP contribution >= 0.6 is 0 Å². The van der Waals surface area contributed by atoms with Crippen LogP contribution in [0.1, 0.15) is 52.5 Å². The maximum atomic E-state index is 12.8. The molecule has 1 saturated carbocycles. The number of nitrogens with zero attached hydrogens (tertiary/aromatic N) is 5. The molecule has 1 aliphatic carbocycles. The molecule has 1 aromatic heterocycles. The normalized spacial score (nSPS) is 18.0. The van der Waals surface area contributed by atoms with E-state index in [1.54, 1.807) is 0 Å². The second kappa shape index (κ2) is 7.57. The second-order valence-corrected chi connectivity index (χ2v) is 9.06. The molecule has 1 aliphatic heterocycles. The van der Waals surface area contributed by atoms with E-state index in [0.717, 1.165) is 29.9 Å². The SMILES string of the molecule is CC(C)(C)C(=O)N1CCC(C(=O)Nc2cccc(-c3nnnn3C3CC3)c2)CC1. The van der Waals surface area contributed by atoms with E-state index in [-0.39, 0.29) is 23.1 Å². The molecule has 4 rings (SSSR count). The molecule has 8 nitrogen and oxygen atoms in total. The van der Waals surface area contributed by atoms with E-state index < -0.39 is 0 Å². The molecule has 0 bridgehead atoms. The zero-order valence-electron chi connectivity index (χ0n) is 17.3. The molecular formula is C21H28N6O2. The molecule has 2 heterocycles. The second-order valence-electron chi connectivity index (χ2n) is 9.06. The number of hydrogen-bond acceptors (Lipinski definition) is 5. The Morgan fingerprint density at radius 1 is 1.10 bits per heavy atom. The Hall–Kier alpha value is -2.77. The Kier molecular flexibility index (Phi) is 5.10. The van der Waals surface area contributed by atoms with Gasteiger partial charge in [-0.2, -0.15) is 0 Å². The highest BCUT2D eigenvalue weighted by molar-refractivity contribution is 5.93. The number of hydrogen-bond donors (Lipinski definition) is 1. The largest absolute Gasteiger partial charge is 0.342 e. The molecule has 2 amide bonds. The molecule has 2 aliphatic rings. The first-order chi connectivity index (χ1) is 13.8. The predicted octanol–water partition coefficient (Wildman–Crippen LogP) is 2.90. The zero-order valence-corrected chi connectivity index (χ0v) is 17.3. The first-order valence-corrected chi connectivity index (χ1v) is 10.3. The van der Waals surface area contributed by atoms with Crippen molar-refractivity contribution < 1.29 is 9.59 Å². The summed E-state index contributed by atoms with van der Waals surface area (Å²) < 4.78 is 1.86. The maximum Gasteiger partial charge on any atom is 0.227 e. The number of amides is 2. The number of benzene rings is 1. The van der Waals surface area contributed by atoms with Crippen LogP contribution in [0.25, 0.3) is 11.4 Å². The summed E-state index contributed by atoms with van der Waals surface area (Å²) in [5, 5.41) is 15.1. The van der Waals surface area contributed by atoms with Gasteiger partial charge in [0.05, 0.1) is 6.04 Å². The summed E-state index contributed by atoms with van der Waals surface area (Å²) in [6.07, 6.45) is 3.58. The lowest BCUT2D eigenvalue weighted by Gasteiger charge is -2.35. The van der Waals surface area contributed by atoms with Crippen molar-refractivity contribution in [1.29, 1.82) is 0 Å². The summed E-state index contributed by atoms with van der Waals surface area (Å²) in [7, 11) is 0. The summed E-state index contributed by atoms with van der Waals surface area (Å²) in [5.41, 5.74) is 1.25. The third-order valence-electron chi connectivity index (χ3n) is 5.57. The first kappa shape index (κ1) is 19.5. The summed E-state index contributed by atoms with van der Waals surface area (Å²) in [6.45, 7) is 7.05. The third-order valence-corrected chi connectivity index (χ3v) is 5.57. The molecule has 29 heavy (non-hydrogen) atoms. The monoisotopic (exact) mass is 396 g/mol. The molecule has 0 radical (unpaired) electrons. The predicted molar refractivity (Wildman–Crippen MR) is 109 cm³/mol. The number of carbonyl (C=O) groups is 2. The molecule has 1 saturated heterocycles. The van der Waals surface area contributed by atoms with Crippen molar-refractivity contribution in [3.8, 4) is 11.4 Å². The number of likely N-dealkylation sites (tertiary alicyclic amines) is 1. The van der Waals surface area contributed by atoms with E-state index in [1.165, 1.54) is 0 Å². The van der Waals surface area contributed by atoms with Crippen LogP contribution in [-0.2, 0) is 9.59 Å². The van der Waals surface area contributed by atoms with Gasteiger partial charge in [0.15, 0.2) is 5.82 Å². The lowest BCUT2D eigenvalue weighted by molar-refractivity contribution is -0.142. The van der Waals surface area contributed by atoms with Crippen LogP contribution < -0.4 is 5.32 Å². The van der Waals surface area contributed by atoms with Crippen LogP contribution in [0.2, 0.25) is 0 Å². The fourth-order valence-corrected chi connectivity index (χ4v) is 3.75. The molecule has 2 aromatic rings. The fraction of sp³-hybridized carbons (Fsp3) is 0.571. The van der Waals surface area contributed by atoms with Gasteiger partial charge in [0, 0.05) is 35.7 Å². The van der Waals surface area contributed by atoms with Gasteiger partial charge >= 0.3 is 0 Å². The zero-order chi connectivity index (χ0) is 20.6. The molecule has 8 heteroatoms. The maximum absolute atomic E-state index is 12.8. The highest BCUT2D eigenvalue weighted by Crippen LogP contribution is 2.37. The summed E-state index contributed by atoms with van der Waals surface area (Å²) >= 11 is 0. The minimum atomic E-state index is -0.384. The topological polar surface area (TPSA) is 93.0 Å². The quantitative estimate of drug-likeness (QED) is 0.858. The number of carbonyl (C=O) groups excluding carboxylic acids is 2. The summed E-state index contributed by atoms with van der Waals surface area (Å²) in [6, 6.07) is 8.04. The fourth-order valence-electron chi connectivity index (χ4n) is 3.75. The highest BCUT2D eigenvalue weighted by Gasteiger charge is 2.32. The van der Waals surface area contributed by atoms with Crippen LogP contribution in [0.3, 0.4) is 0 Å². The highest BCUT2D eigenvalue weighted by atomic mass is 16.2. The molecule has 2 fully saturated rings. The minimum Gasteiger partial charge on any atom is -0.342 e. The Morgan fingerprint density at radius 3 is 2.48 bits per heavy atom. The van der Waals surface area contributed by atoms with Crippen molar-refractivity contribution in [2.75, 3.05) is 18.4 Å². The van der Waals surface area contributed by atoms with Gasteiger partial charge in [0.25, 0.3) is 0 Å². The molecule has 0 unspecified atom stereocenters. The smallest absolute Gasteiger partial charge is 0.227 e. The number of rotatable bonds is 4. The Bertz CT molecular complexity index is 904. The van der Waals surface area contributed by atoms with E-state index in [4.69, 9.17) is 0 Å². The van der Waals surface area contributed by atoms with Gasteiger partial charge in [-0.15, -0.1) is 5.10 Å². The lowest BCUT2D eigenvalue weighted by Crippen LogP contribution is -2.45. The van der Waals surface area contributed by atoms with Crippen LogP contribution in [0, 0.1) is 11.3 Å². The standard InChI is InChI=1S/C21H28N6O2/c1-21(2,3)20(29)26-11-9-14(10-12-26)19(28)22-16-6-4-5-15(13-16)18-23-24-25-27(18)17-7-8-17/h4-6,13-14,17H,7-12H2,1-3H3,(H,22,28). The Balaban J connectivity index is 1.38. The van der Waals surface area contributed by atoms with Gasteiger partial charge in [-0.1, -0.05) is 32.9 Å². The van der Waals surface area contributed by atoms with Gasteiger partial charge in [0.2, 0.25) is 11.8 Å². The molecule has 1 N–H and O–H groups in total. The Labute approximate surface area is 170 Å². The first-order valence-electron chi connectivity index (χ1n) is 10.3. The molecule has 1 aromatic carbocycles. The van der Waals surface area contributed by atoms with Crippen molar-refractivity contribution in [2.45, 2.75) is 52.5 Å². The van der Waals surface area contributed by atoms with E-state index in [1.807, 2.05) is 54.6 Å².